The highest BCUT2D eigenvalue weighted by atomic mass is 32.1. The number of carbonyl (C=O) groups is 1. The van der Waals surface area contributed by atoms with Crippen molar-refractivity contribution in [3.8, 4) is 11.1 Å². The molecule has 0 unspecified atom stereocenters. The van der Waals surface area contributed by atoms with Crippen molar-refractivity contribution in [1.82, 2.24) is 4.90 Å². The molecule has 0 atom stereocenters. The van der Waals surface area contributed by atoms with Crippen molar-refractivity contribution in [2.24, 2.45) is 0 Å². The predicted molar refractivity (Wildman–Crippen MR) is 96.7 cm³/mol. The Labute approximate surface area is 141 Å². The van der Waals surface area contributed by atoms with E-state index in [0.717, 1.165) is 16.7 Å². The standard InChI is InChI=1S/C20H19NOS/c1-15-12-13-23-19(15)14-21(2)20(22)18-10-8-17(9-11-18)16-6-4-3-5-7-16/h3-13H,14H2,1-2H3. The van der Waals surface area contributed by atoms with E-state index in [2.05, 4.69) is 30.5 Å². The van der Waals surface area contributed by atoms with Crippen molar-refractivity contribution in [2.45, 2.75) is 13.5 Å². The van der Waals surface area contributed by atoms with E-state index in [1.807, 2.05) is 49.5 Å². The minimum absolute atomic E-state index is 0.0532. The van der Waals surface area contributed by atoms with E-state index in [0.29, 0.717) is 6.54 Å². The van der Waals surface area contributed by atoms with Gasteiger partial charge in [0.05, 0.1) is 6.54 Å². The number of benzene rings is 2. The van der Waals surface area contributed by atoms with E-state index in [9.17, 15) is 4.79 Å². The molecule has 0 fully saturated rings. The van der Waals surface area contributed by atoms with Crippen LogP contribution < -0.4 is 0 Å². The summed E-state index contributed by atoms with van der Waals surface area (Å²) in [6, 6.07) is 20.1. The quantitative estimate of drug-likeness (QED) is 0.662. The Hall–Kier alpha value is -2.39. The number of hydrogen-bond acceptors (Lipinski definition) is 2. The maximum atomic E-state index is 12.6. The Bertz CT molecular complexity index is 790. The lowest BCUT2D eigenvalue weighted by Crippen LogP contribution is -2.26. The van der Waals surface area contributed by atoms with Gasteiger partial charge in [-0.2, -0.15) is 0 Å². The van der Waals surface area contributed by atoms with Gasteiger partial charge in [0.25, 0.3) is 5.91 Å². The molecule has 116 valence electrons. The van der Waals surface area contributed by atoms with Crippen LogP contribution in [-0.2, 0) is 6.54 Å². The van der Waals surface area contributed by atoms with Gasteiger partial charge in [0.2, 0.25) is 0 Å². The number of rotatable bonds is 4. The fourth-order valence-corrected chi connectivity index (χ4v) is 3.47. The first-order valence-electron chi connectivity index (χ1n) is 7.59. The van der Waals surface area contributed by atoms with Gasteiger partial charge in [-0.3, -0.25) is 4.79 Å². The average Bonchev–Trinajstić information content (AvgIpc) is 3.00. The Kier molecular flexibility index (Phi) is 4.58. The topological polar surface area (TPSA) is 20.3 Å². The van der Waals surface area contributed by atoms with Gasteiger partial charge in [-0.05, 0) is 47.2 Å². The molecule has 3 rings (SSSR count). The third-order valence-corrected chi connectivity index (χ3v) is 4.94. The molecule has 1 heterocycles. The first kappa shape index (κ1) is 15.5. The number of amides is 1. The third kappa shape index (κ3) is 3.51. The zero-order chi connectivity index (χ0) is 16.2. The summed E-state index contributed by atoms with van der Waals surface area (Å²) >= 11 is 1.70. The highest BCUT2D eigenvalue weighted by Crippen LogP contribution is 2.21. The Morgan fingerprint density at radius 1 is 0.957 bits per heavy atom. The van der Waals surface area contributed by atoms with E-state index in [1.54, 1.807) is 16.2 Å². The van der Waals surface area contributed by atoms with Crippen molar-refractivity contribution in [2.75, 3.05) is 7.05 Å². The molecule has 0 aliphatic carbocycles. The van der Waals surface area contributed by atoms with Crippen LogP contribution >= 0.6 is 11.3 Å². The van der Waals surface area contributed by atoms with Crippen LogP contribution in [0, 0.1) is 6.92 Å². The first-order chi connectivity index (χ1) is 11.1. The molecule has 23 heavy (non-hydrogen) atoms. The fourth-order valence-electron chi connectivity index (χ4n) is 2.51. The first-order valence-corrected chi connectivity index (χ1v) is 8.47. The van der Waals surface area contributed by atoms with Gasteiger partial charge >= 0.3 is 0 Å². The molecule has 0 bridgehead atoms. The lowest BCUT2D eigenvalue weighted by atomic mass is 10.0. The Morgan fingerprint density at radius 3 is 2.22 bits per heavy atom. The molecule has 1 amide bonds. The smallest absolute Gasteiger partial charge is 0.253 e. The van der Waals surface area contributed by atoms with E-state index >= 15 is 0 Å². The van der Waals surface area contributed by atoms with Gasteiger partial charge in [0.15, 0.2) is 0 Å². The lowest BCUT2D eigenvalue weighted by Gasteiger charge is -2.17. The van der Waals surface area contributed by atoms with E-state index in [1.165, 1.54) is 10.4 Å². The summed E-state index contributed by atoms with van der Waals surface area (Å²) < 4.78 is 0. The van der Waals surface area contributed by atoms with E-state index < -0.39 is 0 Å². The minimum Gasteiger partial charge on any atom is -0.337 e. The molecule has 2 nitrogen and oxygen atoms in total. The van der Waals surface area contributed by atoms with Gasteiger partial charge in [0.1, 0.15) is 0 Å². The molecule has 2 aromatic carbocycles. The third-order valence-electron chi connectivity index (χ3n) is 3.93. The number of aryl methyl sites for hydroxylation is 1. The van der Waals surface area contributed by atoms with Crippen LogP contribution in [0.2, 0.25) is 0 Å². The number of carbonyl (C=O) groups excluding carboxylic acids is 1. The van der Waals surface area contributed by atoms with Crippen LogP contribution in [0.15, 0.2) is 66.0 Å². The SMILES string of the molecule is Cc1ccsc1CN(C)C(=O)c1ccc(-c2ccccc2)cc1. The summed E-state index contributed by atoms with van der Waals surface area (Å²) in [5.74, 6) is 0.0532. The van der Waals surface area contributed by atoms with Crippen molar-refractivity contribution in [3.05, 3.63) is 82.0 Å². The summed E-state index contributed by atoms with van der Waals surface area (Å²) in [6.07, 6.45) is 0. The second-order valence-electron chi connectivity index (χ2n) is 5.63. The van der Waals surface area contributed by atoms with Gasteiger partial charge in [-0.25, -0.2) is 0 Å². The van der Waals surface area contributed by atoms with E-state index in [4.69, 9.17) is 0 Å². The van der Waals surface area contributed by atoms with Crippen molar-refractivity contribution < 1.29 is 4.79 Å². The average molecular weight is 321 g/mol. The molecule has 0 radical (unpaired) electrons. The van der Waals surface area contributed by atoms with E-state index in [-0.39, 0.29) is 5.91 Å². The molecule has 0 aliphatic rings. The van der Waals surface area contributed by atoms with Crippen molar-refractivity contribution in [1.29, 1.82) is 0 Å². The van der Waals surface area contributed by atoms with Gasteiger partial charge in [-0.1, -0.05) is 42.5 Å². The van der Waals surface area contributed by atoms with Crippen LogP contribution in [0.5, 0.6) is 0 Å². The second-order valence-corrected chi connectivity index (χ2v) is 6.63. The van der Waals surface area contributed by atoms with Crippen molar-refractivity contribution >= 4 is 17.2 Å². The number of hydrogen-bond donors (Lipinski definition) is 0. The van der Waals surface area contributed by atoms with Gasteiger partial charge in [0, 0.05) is 17.5 Å². The maximum Gasteiger partial charge on any atom is 0.253 e. The summed E-state index contributed by atoms with van der Waals surface area (Å²) in [5.41, 5.74) is 4.25. The van der Waals surface area contributed by atoms with Crippen LogP contribution in [0.1, 0.15) is 20.8 Å². The highest BCUT2D eigenvalue weighted by Gasteiger charge is 2.13. The monoisotopic (exact) mass is 321 g/mol. The van der Waals surface area contributed by atoms with Crippen LogP contribution in [-0.4, -0.2) is 17.9 Å². The minimum atomic E-state index is 0.0532. The molecular weight excluding hydrogens is 302 g/mol. The molecule has 0 spiro atoms. The largest absolute Gasteiger partial charge is 0.337 e. The molecule has 0 aliphatic heterocycles. The second kappa shape index (κ2) is 6.80. The molecule has 0 saturated heterocycles. The molecule has 3 heteroatoms. The molecule has 0 saturated carbocycles. The van der Waals surface area contributed by atoms with Crippen LogP contribution in [0.3, 0.4) is 0 Å². The maximum absolute atomic E-state index is 12.6. The number of nitrogens with zero attached hydrogens (tertiary/aromatic N) is 1. The normalized spacial score (nSPS) is 10.5. The van der Waals surface area contributed by atoms with Crippen molar-refractivity contribution in [3.63, 3.8) is 0 Å². The van der Waals surface area contributed by atoms with Gasteiger partial charge in [-0.15, -0.1) is 11.3 Å². The lowest BCUT2D eigenvalue weighted by molar-refractivity contribution is 0.0786. The molecule has 1 aromatic heterocycles. The summed E-state index contributed by atoms with van der Waals surface area (Å²) in [5, 5.41) is 2.07. The number of thiophene rings is 1. The summed E-state index contributed by atoms with van der Waals surface area (Å²) in [4.78, 5) is 15.6. The van der Waals surface area contributed by atoms with Crippen LogP contribution in [0.4, 0.5) is 0 Å². The highest BCUT2D eigenvalue weighted by molar-refractivity contribution is 7.10. The molecule has 0 N–H and O–H groups in total. The van der Waals surface area contributed by atoms with Gasteiger partial charge < -0.3 is 4.90 Å². The zero-order valence-corrected chi connectivity index (χ0v) is 14.1. The Balaban J connectivity index is 1.74. The Morgan fingerprint density at radius 2 is 1.61 bits per heavy atom. The predicted octanol–water partition coefficient (Wildman–Crippen LogP) is 5.00. The molecular formula is C20H19NOS. The fraction of sp³-hybridized carbons (Fsp3) is 0.150. The zero-order valence-electron chi connectivity index (χ0n) is 13.3. The summed E-state index contributed by atoms with van der Waals surface area (Å²) in [7, 11) is 1.85. The van der Waals surface area contributed by atoms with Crippen LogP contribution in [0.25, 0.3) is 11.1 Å². The molecule has 3 aromatic rings. The summed E-state index contributed by atoms with van der Waals surface area (Å²) in [6.45, 7) is 2.74.